The van der Waals surface area contributed by atoms with Crippen molar-refractivity contribution < 1.29 is 4.79 Å². The molecule has 0 bridgehead atoms. The van der Waals surface area contributed by atoms with Crippen LogP contribution in [0.25, 0.3) is 16.7 Å². The number of para-hydroxylation sites is 3. The highest BCUT2D eigenvalue weighted by atomic mass is 16.2. The van der Waals surface area contributed by atoms with Gasteiger partial charge in [-0.3, -0.25) is 13.9 Å². The van der Waals surface area contributed by atoms with Crippen LogP contribution < -0.4 is 10.6 Å². The summed E-state index contributed by atoms with van der Waals surface area (Å²) in [5.41, 5.74) is 3.57. The van der Waals surface area contributed by atoms with Crippen LogP contribution in [0.2, 0.25) is 0 Å². The first kappa shape index (κ1) is 23.1. The highest BCUT2D eigenvalue weighted by Gasteiger charge is 2.24. The number of likely N-dealkylation sites (tertiary alicyclic amines) is 1. The zero-order chi connectivity index (χ0) is 23.4. The summed E-state index contributed by atoms with van der Waals surface area (Å²) in [6, 6.07) is 17.9. The molecule has 1 aliphatic heterocycles. The summed E-state index contributed by atoms with van der Waals surface area (Å²) in [6.45, 7) is 12.0. The summed E-state index contributed by atoms with van der Waals surface area (Å²) < 4.78 is 3.57. The fourth-order valence-electron chi connectivity index (χ4n) is 4.84. The molecule has 33 heavy (non-hydrogen) atoms. The third-order valence-corrected chi connectivity index (χ3v) is 6.68. The number of benzene rings is 2. The second kappa shape index (κ2) is 10.2. The Hall–Kier alpha value is -3.12. The van der Waals surface area contributed by atoms with Gasteiger partial charge in [-0.1, -0.05) is 43.8 Å². The van der Waals surface area contributed by atoms with E-state index >= 15 is 0 Å². The summed E-state index contributed by atoms with van der Waals surface area (Å²) in [7, 11) is 0. The van der Waals surface area contributed by atoms with Gasteiger partial charge in [0.15, 0.2) is 0 Å². The van der Waals surface area contributed by atoms with E-state index in [1.807, 2.05) is 77.9 Å². The van der Waals surface area contributed by atoms with Gasteiger partial charge >= 0.3 is 5.69 Å². The van der Waals surface area contributed by atoms with Crippen molar-refractivity contribution in [2.24, 2.45) is 5.92 Å². The van der Waals surface area contributed by atoms with Gasteiger partial charge in [0.2, 0.25) is 5.91 Å². The average Bonchev–Trinajstić information content (AvgIpc) is 3.13. The number of hydrogen-bond donors (Lipinski definition) is 0. The van der Waals surface area contributed by atoms with Crippen LogP contribution in [0, 0.1) is 5.92 Å². The Morgan fingerprint density at radius 1 is 1.00 bits per heavy atom. The smallest absolute Gasteiger partial charge is 0.312 e. The molecule has 3 aromatic rings. The van der Waals surface area contributed by atoms with E-state index in [0.717, 1.165) is 61.4 Å². The van der Waals surface area contributed by atoms with Crippen molar-refractivity contribution in [3.05, 3.63) is 71.7 Å². The molecule has 2 aromatic carbocycles. The van der Waals surface area contributed by atoms with Gasteiger partial charge < -0.3 is 9.80 Å². The second-order valence-electron chi connectivity index (χ2n) is 8.97. The van der Waals surface area contributed by atoms with Crippen LogP contribution in [0.3, 0.4) is 0 Å². The number of imidazole rings is 1. The Morgan fingerprint density at radius 2 is 1.64 bits per heavy atom. The van der Waals surface area contributed by atoms with E-state index in [4.69, 9.17) is 0 Å². The first-order chi connectivity index (χ1) is 16.0. The van der Waals surface area contributed by atoms with E-state index in [9.17, 15) is 9.59 Å². The first-order valence-corrected chi connectivity index (χ1v) is 11.9. The maximum atomic E-state index is 13.0. The Labute approximate surface area is 195 Å². The summed E-state index contributed by atoms with van der Waals surface area (Å²) in [6.07, 6.45) is 2.63. The normalized spacial score (nSPS) is 15.1. The Bertz CT molecular complexity index is 1170. The number of hydrogen-bond acceptors (Lipinski definition) is 3. The Morgan fingerprint density at radius 3 is 2.27 bits per heavy atom. The van der Waals surface area contributed by atoms with Crippen LogP contribution in [-0.4, -0.2) is 46.1 Å². The van der Waals surface area contributed by atoms with E-state index in [2.05, 4.69) is 11.5 Å². The zero-order valence-electron chi connectivity index (χ0n) is 19.7. The molecule has 0 unspecified atom stereocenters. The number of rotatable bonds is 8. The maximum Gasteiger partial charge on any atom is 0.333 e. The van der Waals surface area contributed by atoms with Gasteiger partial charge in [-0.05, 0) is 63.0 Å². The molecular formula is C27H34N4O2. The largest absolute Gasteiger partial charge is 0.333 e. The lowest BCUT2D eigenvalue weighted by atomic mass is 9.95. The highest BCUT2D eigenvalue weighted by Crippen LogP contribution is 2.23. The van der Waals surface area contributed by atoms with Crippen LogP contribution in [0.5, 0.6) is 0 Å². The predicted molar refractivity (Wildman–Crippen MR) is 135 cm³/mol. The molecule has 4 rings (SSSR count). The third-order valence-electron chi connectivity index (χ3n) is 6.68. The molecular weight excluding hydrogens is 412 g/mol. The number of anilines is 1. The van der Waals surface area contributed by atoms with E-state index in [-0.39, 0.29) is 11.6 Å². The van der Waals surface area contributed by atoms with Crippen LogP contribution >= 0.6 is 0 Å². The molecule has 0 aliphatic carbocycles. The van der Waals surface area contributed by atoms with Gasteiger partial charge in [0.25, 0.3) is 0 Å². The molecule has 0 radical (unpaired) electrons. The van der Waals surface area contributed by atoms with Gasteiger partial charge in [-0.15, -0.1) is 0 Å². The van der Waals surface area contributed by atoms with E-state index in [1.165, 1.54) is 0 Å². The molecule has 6 nitrogen and oxygen atoms in total. The van der Waals surface area contributed by atoms with Gasteiger partial charge in [-0.25, -0.2) is 4.79 Å². The van der Waals surface area contributed by atoms with Crippen LogP contribution in [0.1, 0.15) is 33.1 Å². The zero-order valence-corrected chi connectivity index (χ0v) is 19.7. The van der Waals surface area contributed by atoms with Crippen LogP contribution in [0.4, 0.5) is 5.69 Å². The summed E-state index contributed by atoms with van der Waals surface area (Å²) >= 11 is 0. The lowest BCUT2D eigenvalue weighted by Crippen LogP contribution is -2.42. The van der Waals surface area contributed by atoms with Crippen molar-refractivity contribution in [1.29, 1.82) is 0 Å². The van der Waals surface area contributed by atoms with E-state index < -0.39 is 0 Å². The number of carbonyl (C=O) groups excluding carboxylic acids is 1. The first-order valence-electron chi connectivity index (χ1n) is 11.9. The maximum absolute atomic E-state index is 13.0. The molecule has 0 spiro atoms. The van der Waals surface area contributed by atoms with Crippen LogP contribution in [0.15, 0.2) is 66.0 Å². The number of aromatic nitrogens is 2. The third kappa shape index (κ3) is 4.96. The molecule has 1 aliphatic rings. The molecule has 1 saturated heterocycles. The number of allylic oxidation sites excluding steroid dienone is 1. The van der Waals surface area contributed by atoms with Crippen molar-refractivity contribution in [3.8, 4) is 0 Å². The van der Waals surface area contributed by atoms with E-state index in [0.29, 0.717) is 18.9 Å². The summed E-state index contributed by atoms with van der Waals surface area (Å²) in [5, 5.41) is 0. The van der Waals surface area contributed by atoms with Crippen molar-refractivity contribution in [2.75, 3.05) is 31.1 Å². The number of piperidine rings is 1. The lowest BCUT2D eigenvalue weighted by Gasteiger charge is -2.35. The summed E-state index contributed by atoms with van der Waals surface area (Å²) in [5.74, 6) is 0.668. The number of fused-ring (bicyclic) bond motifs is 1. The van der Waals surface area contributed by atoms with Crippen molar-refractivity contribution in [3.63, 3.8) is 0 Å². The monoisotopic (exact) mass is 446 g/mol. The fraction of sp³-hybridized carbons (Fsp3) is 0.407. The van der Waals surface area contributed by atoms with Crippen molar-refractivity contribution >= 4 is 28.3 Å². The summed E-state index contributed by atoms with van der Waals surface area (Å²) in [4.78, 5) is 30.0. The second-order valence-corrected chi connectivity index (χ2v) is 8.97. The van der Waals surface area contributed by atoms with Gasteiger partial charge in [0, 0.05) is 37.4 Å². The molecule has 1 aromatic heterocycles. The fourth-order valence-corrected chi connectivity index (χ4v) is 4.84. The SMILES string of the molecule is C=C(C)n1c(=O)n(CCN2CCC(CN(C(=O)CC)c3ccccc3)CC2)c2ccccc21. The van der Waals surface area contributed by atoms with Crippen molar-refractivity contribution in [2.45, 2.75) is 39.7 Å². The topological polar surface area (TPSA) is 50.5 Å². The standard InChI is InChI=1S/C27H34N4O2/c1-4-26(32)30(23-10-6-5-7-11-23)20-22-14-16-28(17-15-22)18-19-29-24-12-8-9-13-25(24)31(21(2)3)27(29)33/h5-13,22H,2,4,14-20H2,1,3H3. The van der Waals surface area contributed by atoms with Gasteiger partial charge in [-0.2, -0.15) is 0 Å². The average molecular weight is 447 g/mol. The lowest BCUT2D eigenvalue weighted by molar-refractivity contribution is -0.118. The minimum absolute atomic E-state index is 0.0184. The molecule has 0 saturated carbocycles. The molecule has 174 valence electrons. The van der Waals surface area contributed by atoms with Gasteiger partial charge in [0.05, 0.1) is 11.0 Å². The minimum atomic E-state index is -0.0184. The predicted octanol–water partition coefficient (Wildman–Crippen LogP) is 4.45. The molecule has 6 heteroatoms. The number of amides is 1. The highest BCUT2D eigenvalue weighted by molar-refractivity contribution is 5.93. The molecule has 1 amide bonds. The quantitative estimate of drug-likeness (QED) is 0.514. The van der Waals surface area contributed by atoms with Crippen molar-refractivity contribution in [1.82, 2.24) is 14.0 Å². The molecule has 1 fully saturated rings. The molecule has 0 N–H and O–H groups in total. The number of nitrogens with zero attached hydrogens (tertiary/aromatic N) is 4. The Balaban J connectivity index is 1.38. The molecule has 0 atom stereocenters. The number of carbonyl (C=O) groups is 1. The molecule has 2 heterocycles. The van der Waals surface area contributed by atoms with Gasteiger partial charge in [0.1, 0.15) is 0 Å². The Kier molecular flexibility index (Phi) is 7.14. The minimum Gasteiger partial charge on any atom is -0.312 e. The van der Waals surface area contributed by atoms with E-state index in [1.54, 1.807) is 4.57 Å². The van der Waals surface area contributed by atoms with Crippen LogP contribution in [-0.2, 0) is 11.3 Å².